The Bertz CT molecular complexity index is 1020. The summed E-state index contributed by atoms with van der Waals surface area (Å²) in [6.45, 7) is 16.1. The Labute approximate surface area is 201 Å². The summed E-state index contributed by atoms with van der Waals surface area (Å²) >= 11 is 0. The molecule has 2 nitrogen and oxygen atoms in total. The van der Waals surface area contributed by atoms with E-state index in [2.05, 4.69) is 99.2 Å². The monoisotopic (exact) mass is 441 g/mol. The Kier molecular flexibility index (Phi) is 9.40. The van der Waals surface area contributed by atoms with Crippen molar-refractivity contribution < 1.29 is 4.74 Å². The van der Waals surface area contributed by atoms with Crippen molar-refractivity contribution in [2.24, 2.45) is 11.8 Å². The lowest BCUT2D eigenvalue weighted by Crippen LogP contribution is -2.35. The molecule has 0 spiro atoms. The molecule has 1 unspecified atom stereocenters. The summed E-state index contributed by atoms with van der Waals surface area (Å²) in [5.74, 6) is 2.89. The van der Waals surface area contributed by atoms with Crippen LogP contribution in [0.2, 0.25) is 0 Å². The minimum absolute atomic E-state index is 0.403. The van der Waals surface area contributed by atoms with Crippen molar-refractivity contribution in [2.75, 3.05) is 19.6 Å². The van der Waals surface area contributed by atoms with Gasteiger partial charge in [0.25, 0.3) is 0 Å². The van der Waals surface area contributed by atoms with Crippen LogP contribution in [0.5, 0.6) is 5.75 Å². The van der Waals surface area contributed by atoms with E-state index in [1.54, 1.807) is 0 Å². The van der Waals surface area contributed by atoms with E-state index in [1.165, 1.54) is 35.1 Å². The number of likely N-dealkylation sites (tertiary alicyclic amines) is 1. The van der Waals surface area contributed by atoms with Gasteiger partial charge in [0.05, 0.1) is 5.76 Å². The first-order valence-electron chi connectivity index (χ1n) is 12.3. The molecule has 1 atom stereocenters. The van der Waals surface area contributed by atoms with Gasteiger partial charge in [-0.25, -0.2) is 0 Å². The fraction of sp³-hybridized carbons (Fsp3) is 0.419. The molecule has 3 rings (SSSR count). The van der Waals surface area contributed by atoms with E-state index in [4.69, 9.17) is 4.74 Å². The number of piperidine rings is 1. The third-order valence-electron chi connectivity index (χ3n) is 6.72. The van der Waals surface area contributed by atoms with Gasteiger partial charge in [0.15, 0.2) is 0 Å². The predicted molar refractivity (Wildman–Crippen MR) is 140 cm³/mol. The highest BCUT2D eigenvalue weighted by molar-refractivity contribution is 5.38. The summed E-state index contributed by atoms with van der Waals surface area (Å²) in [5, 5.41) is 0. The first-order chi connectivity index (χ1) is 16.0. The van der Waals surface area contributed by atoms with Crippen LogP contribution in [0.1, 0.15) is 50.7 Å². The smallest absolute Gasteiger partial charge is 0.129 e. The molecule has 33 heavy (non-hydrogen) atoms. The zero-order chi connectivity index (χ0) is 23.6. The second-order valence-electron chi connectivity index (χ2n) is 9.30. The largest absolute Gasteiger partial charge is 0.462 e. The second-order valence-corrected chi connectivity index (χ2v) is 9.30. The average Bonchev–Trinajstić information content (AvgIpc) is 2.82. The standard InChI is InChI=1S/C31H39NO/c1-6-11-28(7-2)30(29-12-9-8-10-13-29)18-21-32-19-16-27(17-20-32)23-26(5)33-31-15-14-24(3)22-25(31)4/h6-7,9,11-15,22,27,30H,5,16-21,23H2,1-4H3/b11-6-,28-7+. The molecular formula is C31H39NO. The normalized spacial score (nSPS) is 18.1. The fourth-order valence-electron chi connectivity index (χ4n) is 4.87. The highest BCUT2D eigenvalue weighted by Gasteiger charge is 2.23. The van der Waals surface area contributed by atoms with Crippen LogP contribution in [-0.4, -0.2) is 24.5 Å². The van der Waals surface area contributed by atoms with E-state index in [9.17, 15) is 0 Å². The molecule has 1 aromatic carbocycles. The van der Waals surface area contributed by atoms with Gasteiger partial charge in [-0.3, -0.25) is 0 Å². The van der Waals surface area contributed by atoms with Crippen LogP contribution < -0.4 is 4.74 Å². The van der Waals surface area contributed by atoms with E-state index < -0.39 is 0 Å². The molecule has 1 heterocycles. The lowest BCUT2D eigenvalue weighted by molar-refractivity contribution is 0.172. The van der Waals surface area contributed by atoms with Crippen LogP contribution >= 0.6 is 0 Å². The molecule has 0 bridgehead atoms. The van der Waals surface area contributed by atoms with Crippen molar-refractivity contribution in [2.45, 2.75) is 53.4 Å². The molecule has 0 aromatic heterocycles. The van der Waals surface area contributed by atoms with E-state index >= 15 is 0 Å². The maximum absolute atomic E-state index is 6.09. The van der Waals surface area contributed by atoms with Gasteiger partial charge in [0.2, 0.25) is 0 Å². The van der Waals surface area contributed by atoms with Gasteiger partial charge >= 0.3 is 0 Å². The first kappa shape index (κ1) is 24.9. The summed E-state index contributed by atoms with van der Waals surface area (Å²) in [4.78, 5) is 2.62. The highest BCUT2D eigenvalue weighted by atomic mass is 16.5. The molecule has 0 saturated carbocycles. The van der Waals surface area contributed by atoms with E-state index in [0.29, 0.717) is 11.8 Å². The van der Waals surface area contributed by atoms with Gasteiger partial charge < -0.3 is 9.64 Å². The highest BCUT2D eigenvalue weighted by Crippen LogP contribution is 2.30. The van der Waals surface area contributed by atoms with Gasteiger partial charge in [-0.15, -0.1) is 0 Å². The van der Waals surface area contributed by atoms with Crippen molar-refractivity contribution in [3.05, 3.63) is 101 Å². The third-order valence-corrected chi connectivity index (χ3v) is 6.72. The molecule has 1 saturated heterocycles. The lowest BCUT2D eigenvalue weighted by atomic mass is 9.85. The van der Waals surface area contributed by atoms with Gasteiger partial charge in [-0.2, -0.15) is 0 Å². The minimum atomic E-state index is 0.403. The van der Waals surface area contributed by atoms with Crippen LogP contribution in [0.15, 0.2) is 89.6 Å². The number of hydrogen-bond donors (Lipinski definition) is 0. The topological polar surface area (TPSA) is 12.5 Å². The fourth-order valence-corrected chi connectivity index (χ4v) is 4.87. The van der Waals surface area contributed by atoms with Crippen LogP contribution in [0.4, 0.5) is 0 Å². The van der Waals surface area contributed by atoms with Crippen LogP contribution in [0.25, 0.3) is 0 Å². The molecule has 0 N–H and O–H groups in total. The van der Waals surface area contributed by atoms with Crippen molar-refractivity contribution >= 4 is 0 Å². The summed E-state index contributed by atoms with van der Waals surface area (Å²) < 4.78 is 6.09. The van der Waals surface area contributed by atoms with E-state index in [0.717, 1.165) is 44.0 Å². The van der Waals surface area contributed by atoms with E-state index in [1.807, 2.05) is 6.08 Å². The van der Waals surface area contributed by atoms with Gasteiger partial charge in [-0.1, -0.05) is 54.0 Å². The summed E-state index contributed by atoms with van der Waals surface area (Å²) in [5.41, 5.74) is 11.3. The second kappa shape index (κ2) is 12.5. The quantitative estimate of drug-likeness (QED) is 0.210. The van der Waals surface area contributed by atoms with Crippen LogP contribution in [-0.2, 0) is 0 Å². The molecule has 1 fully saturated rings. The number of nitrogens with zero attached hydrogens (tertiary/aromatic N) is 1. The Balaban J connectivity index is 1.48. The van der Waals surface area contributed by atoms with Gasteiger partial charge in [-0.05, 0) is 114 Å². The Morgan fingerprint density at radius 3 is 2.64 bits per heavy atom. The van der Waals surface area contributed by atoms with Crippen LogP contribution in [0, 0.1) is 25.7 Å². The Morgan fingerprint density at radius 1 is 1.21 bits per heavy atom. The molecule has 1 aliphatic carbocycles. The van der Waals surface area contributed by atoms with Gasteiger partial charge in [0.1, 0.15) is 5.75 Å². The molecule has 2 heteroatoms. The molecule has 0 radical (unpaired) electrons. The molecule has 0 amide bonds. The Hall–Kier alpha value is -2.76. The van der Waals surface area contributed by atoms with Gasteiger partial charge in [0, 0.05) is 12.3 Å². The molecule has 174 valence electrons. The predicted octanol–water partition coefficient (Wildman–Crippen LogP) is 7.63. The summed E-state index contributed by atoms with van der Waals surface area (Å²) in [7, 11) is 0. The van der Waals surface area contributed by atoms with Crippen molar-refractivity contribution in [3.63, 3.8) is 0 Å². The number of benzene rings is 1. The Morgan fingerprint density at radius 2 is 2.00 bits per heavy atom. The maximum Gasteiger partial charge on any atom is 0.129 e. The molecule has 1 aromatic rings. The minimum Gasteiger partial charge on any atom is -0.462 e. The number of aryl methyl sites for hydroxylation is 2. The summed E-state index contributed by atoms with van der Waals surface area (Å²) in [6.07, 6.45) is 17.4. The maximum atomic E-state index is 6.09. The number of hydrogen-bond acceptors (Lipinski definition) is 2. The SMILES string of the molecule is C=C(CC1CCN(CCC(C2=CC=C=C=C2)C(/C=C\C)=C/C)CC1)Oc1ccc(C)cc1C. The number of ether oxygens (including phenoxy) is 1. The molecule has 2 aliphatic rings. The van der Waals surface area contributed by atoms with Crippen LogP contribution in [0.3, 0.4) is 0 Å². The lowest BCUT2D eigenvalue weighted by Gasteiger charge is -2.33. The average molecular weight is 442 g/mol. The molecular weight excluding hydrogens is 402 g/mol. The zero-order valence-corrected chi connectivity index (χ0v) is 20.9. The van der Waals surface area contributed by atoms with Crippen molar-refractivity contribution in [1.82, 2.24) is 4.90 Å². The van der Waals surface area contributed by atoms with Crippen molar-refractivity contribution in [3.8, 4) is 5.75 Å². The third kappa shape index (κ3) is 7.37. The first-order valence-corrected chi connectivity index (χ1v) is 12.3. The number of allylic oxidation sites excluding steroid dienone is 9. The summed E-state index contributed by atoms with van der Waals surface area (Å²) in [6, 6.07) is 6.32. The zero-order valence-electron chi connectivity index (χ0n) is 20.9. The molecule has 1 aliphatic heterocycles. The van der Waals surface area contributed by atoms with E-state index in [-0.39, 0.29) is 0 Å². The number of rotatable bonds is 10. The van der Waals surface area contributed by atoms with Crippen molar-refractivity contribution in [1.29, 1.82) is 0 Å².